The molecule has 1 unspecified atom stereocenters. The van der Waals surface area contributed by atoms with Crippen molar-refractivity contribution in [3.8, 4) is 0 Å². The molecule has 1 aromatic heterocycles. The average Bonchev–Trinajstić information content (AvgIpc) is 2.75. The van der Waals surface area contributed by atoms with E-state index >= 15 is 0 Å². The molecule has 0 radical (unpaired) electrons. The second-order valence-electron chi connectivity index (χ2n) is 7.33. The Hall–Kier alpha value is -1.23. The molecule has 1 aromatic rings. The third kappa shape index (κ3) is 3.08. The number of nitrogens with one attached hydrogen (secondary N) is 1. The van der Waals surface area contributed by atoms with E-state index in [0.29, 0.717) is 5.78 Å². The van der Waals surface area contributed by atoms with Crippen LogP contribution >= 0.6 is 11.3 Å². The number of thiazole rings is 1. The Bertz CT molecular complexity index is 585. The van der Waals surface area contributed by atoms with Crippen molar-refractivity contribution in [2.75, 3.05) is 5.32 Å². The van der Waals surface area contributed by atoms with E-state index in [-0.39, 0.29) is 23.7 Å². The Morgan fingerprint density at radius 2 is 1.78 bits per heavy atom. The summed E-state index contributed by atoms with van der Waals surface area (Å²) >= 11 is 1.65. The first kappa shape index (κ1) is 15.3. The van der Waals surface area contributed by atoms with Crippen LogP contribution in [0.5, 0.6) is 0 Å². The SMILES string of the molecule is O=C(Nc1nc2c(s1)CCCCC2)C1C[C@H]2CCC[C@@H](C1)C2=O. The Kier molecular flexibility index (Phi) is 4.22. The molecular weight excluding hydrogens is 308 g/mol. The summed E-state index contributed by atoms with van der Waals surface area (Å²) in [5.41, 5.74) is 1.19. The number of fused-ring (bicyclic) bond motifs is 3. The van der Waals surface area contributed by atoms with E-state index in [9.17, 15) is 9.59 Å². The van der Waals surface area contributed by atoms with Crippen LogP contribution in [0, 0.1) is 17.8 Å². The molecular formula is C18H24N2O2S. The van der Waals surface area contributed by atoms with E-state index in [2.05, 4.69) is 10.3 Å². The number of rotatable bonds is 2. The van der Waals surface area contributed by atoms with Crippen molar-refractivity contribution in [2.24, 2.45) is 17.8 Å². The first-order chi connectivity index (χ1) is 11.2. The topological polar surface area (TPSA) is 59.1 Å². The smallest absolute Gasteiger partial charge is 0.229 e. The van der Waals surface area contributed by atoms with Gasteiger partial charge < -0.3 is 5.32 Å². The Morgan fingerprint density at radius 3 is 2.57 bits per heavy atom. The molecule has 124 valence electrons. The van der Waals surface area contributed by atoms with Gasteiger partial charge in [0, 0.05) is 22.6 Å². The van der Waals surface area contributed by atoms with E-state index in [0.717, 1.165) is 50.1 Å². The maximum absolute atomic E-state index is 12.6. The fourth-order valence-electron chi connectivity index (χ4n) is 4.48. The number of nitrogens with zero attached hydrogens (tertiary/aromatic N) is 1. The molecule has 3 atom stereocenters. The van der Waals surface area contributed by atoms with Gasteiger partial charge in [0.2, 0.25) is 5.91 Å². The highest BCUT2D eigenvalue weighted by atomic mass is 32.1. The van der Waals surface area contributed by atoms with Gasteiger partial charge in [0.15, 0.2) is 5.13 Å². The lowest BCUT2D eigenvalue weighted by atomic mass is 9.67. The first-order valence-electron chi connectivity index (χ1n) is 9.04. The summed E-state index contributed by atoms with van der Waals surface area (Å²) in [5, 5.41) is 3.82. The third-order valence-electron chi connectivity index (χ3n) is 5.74. The molecule has 1 N–H and O–H groups in total. The molecule has 5 heteroatoms. The zero-order valence-electron chi connectivity index (χ0n) is 13.5. The van der Waals surface area contributed by atoms with Crippen LogP contribution in [0.25, 0.3) is 0 Å². The number of aromatic nitrogens is 1. The number of hydrogen-bond acceptors (Lipinski definition) is 4. The van der Waals surface area contributed by atoms with Gasteiger partial charge in [-0.15, -0.1) is 11.3 Å². The minimum absolute atomic E-state index is 0.00768. The summed E-state index contributed by atoms with van der Waals surface area (Å²) < 4.78 is 0. The number of amides is 1. The van der Waals surface area contributed by atoms with Crippen LogP contribution in [0.15, 0.2) is 0 Å². The average molecular weight is 332 g/mol. The maximum atomic E-state index is 12.6. The highest BCUT2D eigenvalue weighted by molar-refractivity contribution is 7.15. The molecule has 1 heterocycles. The number of carbonyl (C=O) groups excluding carboxylic acids is 2. The predicted molar refractivity (Wildman–Crippen MR) is 90.6 cm³/mol. The summed E-state index contributed by atoms with van der Waals surface area (Å²) in [5.74, 6) is 0.754. The van der Waals surface area contributed by atoms with Crippen molar-refractivity contribution in [1.29, 1.82) is 0 Å². The molecule has 0 saturated heterocycles. The zero-order valence-corrected chi connectivity index (χ0v) is 14.3. The van der Waals surface area contributed by atoms with Crippen LogP contribution in [0.1, 0.15) is 61.9 Å². The lowest BCUT2D eigenvalue weighted by Gasteiger charge is -2.36. The molecule has 2 bridgehead atoms. The summed E-state index contributed by atoms with van der Waals surface area (Å²) in [7, 11) is 0. The summed E-state index contributed by atoms with van der Waals surface area (Å²) in [6.07, 6.45) is 10.5. The maximum Gasteiger partial charge on any atom is 0.229 e. The largest absolute Gasteiger partial charge is 0.302 e. The van der Waals surface area contributed by atoms with Gasteiger partial charge in [0.25, 0.3) is 0 Å². The van der Waals surface area contributed by atoms with E-state index in [1.165, 1.54) is 29.8 Å². The number of Topliss-reactive ketones (excluding diaryl/α,β-unsaturated/α-hetero) is 1. The van der Waals surface area contributed by atoms with Crippen molar-refractivity contribution in [1.82, 2.24) is 4.98 Å². The minimum atomic E-state index is -0.00768. The molecule has 3 aliphatic rings. The Labute approximate surface area is 141 Å². The second-order valence-corrected chi connectivity index (χ2v) is 8.42. The summed E-state index contributed by atoms with van der Waals surface area (Å²) in [6, 6.07) is 0. The number of hydrogen-bond donors (Lipinski definition) is 1. The standard InChI is InChI=1S/C18H24N2O2S/c21-16-11-5-4-6-12(16)10-13(9-11)17(22)20-18-19-14-7-2-1-3-8-15(14)23-18/h11-13H,1-10H2,(H,19,20,22)/t11-,12+,13?. The second kappa shape index (κ2) is 6.34. The molecule has 1 amide bonds. The van der Waals surface area contributed by atoms with E-state index in [1.807, 2.05) is 0 Å². The van der Waals surface area contributed by atoms with Gasteiger partial charge in [-0.2, -0.15) is 0 Å². The predicted octanol–water partition coefficient (Wildman–Crippen LogP) is 3.75. The van der Waals surface area contributed by atoms with E-state index in [4.69, 9.17) is 0 Å². The molecule has 2 fully saturated rings. The van der Waals surface area contributed by atoms with Crippen LogP contribution in [-0.4, -0.2) is 16.7 Å². The molecule has 0 aromatic carbocycles. The van der Waals surface area contributed by atoms with Gasteiger partial charge in [-0.3, -0.25) is 9.59 Å². The molecule has 23 heavy (non-hydrogen) atoms. The van der Waals surface area contributed by atoms with Crippen LogP contribution in [-0.2, 0) is 22.4 Å². The third-order valence-corrected chi connectivity index (χ3v) is 6.82. The van der Waals surface area contributed by atoms with Gasteiger partial charge in [-0.05, 0) is 51.4 Å². The van der Waals surface area contributed by atoms with E-state index < -0.39 is 0 Å². The van der Waals surface area contributed by atoms with Crippen molar-refractivity contribution in [3.63, 3.8) is 0 Å². The van der Waals surface area contributed by atoms with Crippen molar-refractivity contribution in [3.05, 3.63) is 10.6 Å². The molecule has 0 aliphatic heterocycles. The normalized spacial score (nSPS) is 30.4. The highest BCUT2D eigenvalue weighted by Crippen LogP contribution is 2.40. The van der Waals surface area contributed by atoms with Gasteiger partial charge >= 0.3 is 0 Å². The summed E-state index contributed by atoms with van der Waals surface area (Å²) in [6.45, 7) is 0. The van der Waals surface area contributed by atoms with Crippen LogP contribution in [0.4, 0.5) is 5.13 Å². The first-order valence-corrected chi connectivity index (χ1v) is 9.85. The molecule has 2 saturated carbocycles. The molecule has 4 nitrogen and oxygen atoms in total. The van der Waals surface area contributed by atoms with Gasteiger partial charge in [0.05, 0.1) is 5.69 Å². The van der Waals surface area contributed by atoms with Crippen LogP contribution in [0.3, 0.4) is 0 Å². The number of aryl methyl sites for hydroxylation is 2. The fourth-order valence-corrected chi connectivity index (χ4v) is 5.54. The molecule has 0 spiro atoms. The van der Waals surface area contributed by atoms with Crippen LogP contribution < -0.4 is 5.32 Å². The quantitative estimate of drug-likeness (QED) is 0.839. The monoisotopic (exact) mass is 332 g/mol. The number of anilines is 1. The molecule has 4 rings (SSSR count). The van der Waals surface area contributed by atoms with Gasteiger partial charge in [-0.1, -0.05) is 12.8 Å². The van der Waals surface area contributed by atoms with Crippen molar-refractivity contribution >= 4 is 28.2 Å². The highest BCUT2D eigenvalue weighted by Gasteiger charge is 2.41. The lowest BCUT2D eigenvalue weighted by Crippen LogP contribution is -2.40. The van der Waals surface area contributed by atoms with E-state index in [1.54, 1.807) is 11.3 Å². The minimum Gasteiger partial charge on any atom is -0.302 e. The van der Waals surface area contributed by atoms with Crippen LogP contribution in [0.2, 0.25) is 0 Å². The zero-order chi connectivity index (χ0) is 15.8. The van der Waals surface area contributed by atoms with Crippen molar-refractivity contribution in [2.45, 2.75) is 64.2 Å². The molecule has 3 aliphatic carbocycles. The van der Waals surface area contributed by atoms with Gasteiger partial charge in [0.1, 0.15) is 5.78 Å². The van der Waals surface area contributed by atoms with Gasteiger partial charge in [-0.25, -0.2) is 4.98 Å². The Morgan fingerprint density at radius 1 is 1.04 bits per heavy atom. The Balaban J connectivity index is 1.43. The number of carbonyl (C=O) groups is 2. The number of ketones is 1. The van der Waals surface area contributed by atoms with Crippen molar-refractivity contribution < 1.29 is 9.59 Å². The lowest BCUT2D eigenvalue weighted by molar-refractivity contribution is -0.136. The summed E-state index contributed by atoms with van der Waals surface area (Å²) in [4.78, 5) is 30.8. The fraction of sp³-hybridized carbons (Fsp3) is 0.722.